The molecule has 3 fully saturated rings. The number of piperidine rings is 1. The van der Waals surface area contributed by atoms with Gasteiger partial charge in [0.1, 0.15) is 24.0 Å². The predicted molar refractivity (Wildman–Crippen MR) is 131 cm³/mol. The van der Waals surface area contributed by atoms with Crippen molar-refractivity contribution in [1.29, 1.82) is 0 Å². The number of hydrogen-bond donors (Lipinski definition) is 2. The fourth-order valence-electron chi connectivity index (χ4n) is 5.61. The minimum Gasteiger partial charge on any atom is -0.444 e. The van der Waals surface area contributed by atoms with Crippen LogP contribution in [0.15, 0.2) is 0 Å². The molecule has 0 bridgehead atoms. The highest BCUT2D eigenvalue weighted by Crippen LogP contribution is 2.64. The molecule has 1 aliphatic carbocycles. The summed E-state index contributed by atoms with van der Waals surface area (Å²) in [4.78, 5) is 53.1. The SMILES string of the molecule is C[C@@H]1OCCCCCCC[C@@H](C=O)NC(=O)[C@@H]2[C@@H]3[C@H](CN2C(=O)[C@H]1NC(=O)OC(C)(C)C)C3(C)C. The maximum atomic E-state index is 13.8. The average Bonchev–Trinajstić information content (AvgIpc) is 3.09. The summed E-state index contributed by atoms with van der Waals surface area (Å²) in [6.07, 6.45) is 4.73. The first-order valence-corrected chi connectivity index (χ1v) is 13.0. The molecule has 3 aliphatic rings. The van der Waals surface area contributed by atoms with Crippen molar-refractivity contribution in [2.24, 2.45) is 17.3 Å². The summed E-state index contributed by atoms with van der Waals surface area (Å²) >= 11 is 0. The van der Waals surface area contributed by atoms with Gasteiger partial charge in [-0.3, -0.25) is 9.59 Å². The average molecular weight is 494 g/mol. The zero-order valence-corrected chi connectivity index (χ0v) is 22.1. The van der Waals surface area contributed by atoms with E-state index >= 15 is 0 Å². The lowest BCUT2D eigenvalue weighted by atomic mass is 9.98. The number of nitrogens with zero attached hydrogens (tertiary/aromatic N) is 1. The molecule has 3 amide bonds. The van der Waals surface area contributed by atoms with Crippen LogP contribution in [0.2, 0.25) is 0 Å². The van der Waals surface area contributed by atoms with Crippen LogP contribution in [0.5, 0.6) is 0 Å². The maximum Gasteiger partial charge on any atom is 0.408 e. The van der Waals surface area contributed by atoms with Crippen molar-refractivity contribution in [2.45, 2.75) is 110 Å². The number of aldehydes is 1. The number of hydrogen-bond acceptors (Lipinski definition) is 6. The van der Waals surface area contributed by atoms with E-state index in [1.54, 1.807) is 32.6 Å². The first kappa shape index (κ1) is 27.4. The molecule has 9 nitrogen and oxygen atoms in total. The van der Waals surface area contributed by atoms with Gasteiger partial charge >= 0.3 is 6.09 Å². The summed E-state index contributed by atoms with van der Waals surface area (Å²) in [7, 11) is 0. The quantitative estimate of drug-likeness (QED) is 0.572. The van der Waals surface area contributed by atoms with Crippen molar-refractivity contribution in [1.82, 2.24) is 15.5 Å². The molecule has 0 spiro atoms. The number of nitrogens with one attached hydrogen (secondary N) is 2. The fraction of sp³-hybridized carbons (Fsp3) is 0.846. The largest absolute Gasteiger partial charge is 0.444 e. The second-order valence-electron chi connectivity index (χ2n) is 11.9. The van der Waals surface area contributed by atoms with Crippen molar-refractivity contribution in [3.8, 4) is 0 Å². The maximum absolute atomic E-state index is 13.8. The molecule has 9 heteroatoms. The predicted octanol–water partition coefficient (Wildman–Crippen LogP) is 2.81. The molecule has 2 heterocycles. The van der Waals surface area contributed by atoms with Crippen LogP contribution >= 0.6 is 0 Å². The molecule has 0 aromatic rings. The molecule has 35 heavy (non-hydrogen) atoms. The highest BCUT2D eigenvalue weighted by molar-refractivity contribution is 5.94. The van der Waals surface area contributed by atoms with Crippen LogP contribution < -0.4 is 10.6 Å². The summed E-state index contributed by atoms with van der Waals surface area (Å²) in [6.45, 7) is 12.2. The normalized spacial score (nSPS) is 34.3. The Morgan fingerprint density at radius 2 is 1.83 bits per heavy atom. The van der Waals surface area contributed by atoms with Gasteiger partial charge in [-0.25, -0.2) is 4.79 Å². The van der Waals surface area contributed by atoms with E-state index in [-0.39, 0.29) is 29.1 Å². The van der Waals surface area contributed by atoms with Gasteiger partial charge in [-0.15, -0.1) is 0 Å². The summed E-state index contributed by atoms with van der Waals surface area (Å²) < 4.78 is 11.4. The van der Waals surface area contributed by atoms with Crippen LogP contribution in [-0.2, 0) is 23.9 Å². The molecule has 2 aliphatic heterocycles. The number of carbonyl (C=O) groups excluding carboxylic acids is 4. The van der Waals surface area contributed by atoms with Crippen LogP contribution in [0.4, 0.5) is 4.79 Å². The highest BCUT2D eigenvalue weighted by Gasteiger charge is 2.69. The Morgan fingerprint density at radius 1 is 1.17 bits per heavy atom. The van der Waals surface area contributed by atoms with Gasteiger partial charge in [-0.2, -0.15) is 0 Å². The van der Waals surface area contributed by atoms with Crippen LogP contribution in [-0.4, -0.2) is 72.1 Å². The summed E-state index contributed by atoms with van der Waals surface area (Å²) in [5, 5.41) is 5.60. The van der Waals surface area contributed by atoms with E-state index < -0.39 is 35.9 Å². The molecule has 3 rings (SSSR count). The van der Waals surface area contributed by atoms with Gasteiger partial charge in [0.25, 0.3) is 0 Å². The van der Waals surface area contributed by atoms with E-state index in [1.165, 1.54) is 0 Å². The van der Waals surface area contributed by atoms with E-state index in [9.17, 15) is 19.2 Å². The molecule has 2 N–H and O–H groups in total. The zero-order valence-electron chi connectivity index (χ0n) is 22.1. The van der Waals surface area contributed by atoms with Crippen LogP contribution in [0.3, 0.4) is 0 Å². The van der Waals surface area contributed by atoms with E-state index in [2.05, 4.69) is 24.5 Å². The number of amides is 3. The minimum absolute atomic E-state index is 0.0102. The van der Waals surface area contributed by atoms with Crippen molar-refractivity contribution >= 4 is 24.2 Å². The Balaban J connectivity index is 1.86. The first-order chi connectivity index (χ1) is 16.4. The minimum atomic E-state index is -0.990. The van der Waals surface area contributed by atoms with Gasteiger partial charge in [0.05, 0.1) is 12.1 Å². The second-order valence-corrected chi connectivity index (χ2v) is 11.9. The Kier molecular flexibility index (Phi) is 8.50. The van der Waals surface area contributed by atoms with Gasteiger partial charge in [0.15, 0.2) is 0 Å². The molecule has 0 unspecified atom stereocenters. The molecule has 0 radical (unpaired) electrons. The number of alkyl carbamates (subject to hydrolysis) is 1. The summed E-state index contributed by atoms with van der Waals surface area (Å²) in [5.74, 6) is -0.458. The molecule has 2 saturated heterocycles. The molecule has 198 valence electrons. The lowest BCUT2D eigenvalue weighted by Gasteiger charge is -2.35. The van der Waals surface area contributed by atoms with Crippen LogP contribution in [0.25, 0.3) is 0 Å². The Hall–Kier alpha value is -2.16. The topological polar surface area (TPSA) is 114 Å². The number of carbonyl (C=O) groups is 4. The second kappa shape index (κ2) is 10.8. The van der Waals surface area contributed by atoms with E-state index in [1.807, 2.05) is 0 Å². The molecular formula is C26H43N3O6. The monoisotopic (exact) mass is 493 g/mol. The van der Waals surface area contributed by atoms with Crippen LogP contribution in [0, 0.1) is 17.3 Å². The summed E-state index contributed by atoms with van der Waals surface area (Å²) in [5.41, 5.74) is -0.784. The third kappa shape index (κ3) is 6.54. The van der Waals surface area contributed by atoms with Crippen molar-refractivity contribution < 1.29 is 28.7 Å². The van der Waals surface area contributed by atoms with Crippen molar-refractivity contribution in [3.63, 3.8) is 0 Å². The third-order valence-electron chi connectivity index (χ3n) is 7.70. The molecule has 6 atom stereocenters. The smallest absolute Gasteiger partial charge is 0.408 e. The van der Waals surface area contributed by atoms with Gasteiger partial charge in [-0.05, 0) is 57.8 Å². The molecule has 0 aromatic carbocycles. The first-order valence-electron chi connectivity index (χ1n) is 13.0. The molecule has 0 aromatic heterocycles. The van der Waals surface area contributed by atoms with Crippen molar-refractivity contribution in [3.05, 3.63) is 0 Å². The standard InChI is InChI=1S/C26H43N3O6/c1-16-20(28-24(33)35-25(2,3)4)23(32)29-14-18-19(26(18,5)6)21(29)22(31)27-17(15-30)12-10-8-7-9-11-13-34-16/h15-21H,7-14H2,1-6H3,(H,27,31)(H,28,33)/t16-,17-,18-,19-,20-,21-/m0/s1. The number of fused-ring (bicyclic) bond motifs is 3. The van der Waals surface area contributed by atoms with E-state index in [0.717, 1.165) is 38.4 Å². The molecular weight excluding hydrogens is 450 g/mol. The Labute approximate surface area is 209 Å². The highest BCUT2D eigenvalue weighted by atomic mass is 16.6. The molecule has 1 saturated carbocycles. The number of rotatable bonds is 2. The lowest BCUT2D eigenvalue weighted by molar-refractivity contribution is -0.145. The fourth-order valence-corrected chi connectivity index (χ4v) is 5.61. The zero-order chi connectivity index (χ0) is 26.0. The summed E-state index contributed by atoms with van der Waals surface area (Å²) in [6, 6.07) is -2.24. The van der Waals surface area contributed by atoms with Gasteiger partial charge < -0.3 is 29.8 Å². The van der Waals surface area contributed by atoms with Gasteiger partial charge in [-0.1, -0.05) is 39.5 Å². The number of ether oxygens (including phenoxy) is 2. The Morgan fingerprint density at radius 3 is 2.49 bits per heavy atom. The lowest BCUT2D eigenvalue weighted by Crippen LogP contribution is -2.60. The third-order valence-corrected chi connectivity index (χ3v) is 7.70. The van der Waals surface area contributed by atoms with E-state index in [0.29, 0.717) is 19.6 Å². The van der Waals surface area contributed by atoms with Crippen LogP contribution in [0.1, 0.15) is 80.1 Å². The Bertz CT molecular complexity index is 807. The van der Waals surface area contributed by atoms with E-state index in [4.69, 9.17) is 9.47 Å². The van der Waals surface area contributed by atoms with Crippen molar-refractivity contribution in [2.75, 3.05) is 13.2 Å². The van der Waals surface area contributed by atoms with Gasteiger partial charge in [0, 0.05) is 13.2 Å². The van der Waals surface area contributed by atoms with Gasteiger partial charge in [0.2, 0.25) is 11.8 Å².